The van der Waals surface area contributed by atoms with Crippen LogP contribution in [-0.4, -0.2) is 0 Å². The molecule has 0 saturated carbocycles. The van der Waals surface area contributed by atoms with Crippen LogP contribution in [0.2, 0.25) is 0 Å². The molecule has 0 heterocycles. The average Bonchev–Trinajstić information content (AvgIpc) is 3.93. The quantitative estimate of drug-likeness (QED) is 0.161. The maximum Gasteiger partial charge on any atom is 0.0725 e. The maximum atomic E-state index is 2.49. The molecule has 1 nitrogen and oxygen atoms in total. The number of rotatable bonds is 6. The maximum absolute atomic E-state index is 2.49. The minimum absolute atomic E-state index is 0.142. The second-order valence-electron chi connectivity index (χ2n) is 18.3. The number of para-hydroxylation sites is 1. The lowest BCUT2D eigenvalue weighted by Crippen LogP contribution is -2.25. The van der Waals surface area contributed by atoms with Crippen molar-refractivity contribution in [1.82, 2.24) is 0 Å². The van der Waals surface area contributed by atoms with Crippen LogP contribution in [-0.2, 0) is 10.8 Å². The molecule has 0 fully saturated rings. The van der Waals surface area contributed by atoms with Crippen molar-refractivity contribution in [3.63, 3.8) is 0 Å². The Bertz CT molecular complexity index is 3510. The Hall–Kier alpha value is -8.00. The second-order valence-corrected chi connectivity index (χ2v) is 18.3. The molecule has 0 N–H and O–H groups in total. The van der Waals surface area contributed by atoms with Crippen LogP contribution in [0.3, 0.4) is 0 Å². The van der Waals surface area contributed by atoms with Crippen molar-refractivity contribution in [2.75, 3.05) is 4.90 Å². The summed E-state index contributed by atoms with van der Waals surface area (Å²) < 4.78 is 0. The summed E-state index contributed by atoms with van der Waals surface area (Å²) in [5.41, 5.74) is 26.1. The molecule has 1 atom stereocenters. The first-order chi connectivity index (χ1) is 32.0. The van der Waals surface area contributed by atoms with E-state index in [1.165, 1.54) is 100 Å². The summed E-state index contributed by atoms with van der Waals surface area (Å²) in [5.74, 6) is 0. The summed E-state index contributed by atoms with van der Waals surface area (Å²) in [6.45, 7) is 4.74. The van der Waals surface area contributed by atoms with Crippen LogP contribution in [0.1, 0.15) is 47.2 Å². The van der Waals surface area contributed by atoms with E-state index in [4.69, 9.17) is 0 Å². The molecular weight excluding hydrogens is 783 g/mol. The van der Waals surface area contributed by atoms with Gasteiger partial charge in [-0.2, -0.15) is 0 Å². The van der Waals surface area contributed by atoms with Gasteiger partial charge in [-0.25, -0.2) is 0 Å². The lowest BCUT2D eigenvalue weighted by Gasteiger charge is -2.31. The van der Waals surface area contributed by atoms with Crippen molar-refractivity contribution in [2.45, 2.75) is 24.7 Å². The molecule has 0 radical (unpaired) electrons. The van der Waals surface area contributed by atoms with Crippen molar-refractivity contribution in [3.05, 3.63) is 270 Å². The van der Waals surface area contributed by atoms with Gasteiger partial charge < -0.3 is 4.90 Å². The molecule has 0 saturated heterocycles. The number of hydrogen-bond acceptors (Lipinski definition) is 1. The zero-order valence-corrected chi connectivity index (χ0v) is 36.5. The van der Waals surface area contributed by atoms with E-state index in [0.717, 1.165) is 17.1 Å². The summed E-state index contributed by atoms with van der Waals surface area (Å²) in [6.07, 6.45) is 0. The molecule has 65 heavy (non-hydrogen) atoms. The summed E-state index contributed by atoms with van der Waals surface area (Å²) in [4.78, 5) is 2.49. The van der Waals surface area contributed by atoms with E-state index >= 15 is 0 Å². The molecule has 10 aromatic carbocycles. The van der Waals surface area contributed by atoms with Gasteiger partial charge in [0, 0.05) is 22.4 Å². The first kappa shape index (κ1) is 37.5. The Morgan fingerprint density at radius 1 is 0.277 bits per heavy atom. The predicted octanol–water partition coefficient (Wildman–Crippen LogP) is 16.8. The lowest BCUT2D eigenvalue weighted by atomic mass is 9.70. The highest BCUT2D eigenvalue weighted by atomic mass is 15.1. The molecule has 13 rings (SSSR count). The van der Waals surface area contributed by atoms with E-state index in [-0.39, 0.29) is 5.41 Å². The van der Waals surface area contributed by atoms with Gasteiger partial charge in [-0.1, -0.05) is 220 Å². The Kier molecular flexibility index (Phi) is 8.24. The van der Waals surface area contributed by atoms with Crippen molar-refractivity contribution in [2.24, 2.45) is 0 Å². The van der Waals surface area contributed by atoms with E-state index in [1.807, 2.05) is 0 Å². The summed E-state index contributed by atoms with van der Waals surface area (Å²) >= 11 is 0. The predicted molar refractivity (Wildman–Crippen MR) is 271 cm³/mol. The van der Waals surface area contributed by atoms with Gasteiger partial charge in [-0.05, 0) is 125 Å². The fraction of sp³-hybridized carbons (Fsp3) is 0.0625. The third-order valence-electron chi connectivity index (χ3n) is 14.7. The first-order valence-electron chi connectivity index (χ1n) is 22.8. The summed E-state index contributed by atoms with van der Waals surface area (Å²) in [5, 5.41) is 0. The van der Waals surface area contributed by atoms with Crippen LogP contribution >= 0.6 is 0 Å². The standard InChI is InChI=1S/C64H45N/c1-63(2)54-29-13-9-23-48(54)49-40-39-46(41-59(49)63)65(45-37-35-43(36-38-45)42-19-5-3-6-20-42)60-34-16-12-24-50(60)51-28-18-33-58-62(51)53-26-11-15-31-56(53)64(58)55-30-14-10-25-52(55)61-47(27-17-32-57(61)64)44-21-7-4-8-22-44/h3-41H,1-2H3. The van der Waals surface area contributed by atoms with Gasteiger partial charge in [0.1, 0.15) is 0 Å². The van der Waals surface area contributed by atoms with Crippen LogP contribution in [0.15, 0.2) is 237 Å². The number of hydrogen-bond donors (Lipinski definition) is 0. The van der Waals surface area contributed by atoms with Crippen molar-refractivity contribution in [1.29, 1.82) is 0 Å². The topological polar surface area (TPSA) is 3.24 Å². The van der Waals surface area contributed by atoms with Gasteiger partial charge in [0.25, 0.3) is 0 Å². The van der Waals surface area contributed by atoms with E-state index in [1.54, 1.807) is 0 Å². The number of fused-ring (bicyclic) bond motifs is 13. The van der Waals surface area contributed by atoms with Gasteiger partial charge in [-0.3, -0.25) is 0 Å². The second kappa shape index (κ2) is 14.3. The molecule has 0 aromatic heterocycles. The van der Waals surface area contributed by atoms with Gasteiger partial charge >= 0.3 is 0 Å². The first-order valence-corrected chi connectivity index (χ1v) is 22.8. The lowest BCUT2D eigenvalue weighted by molar-refractivity contribution is 0.660. The number of anilines is 3. The smallest absolute Gasteiger partial charge is 0.0725 e. The van der Waals surface area contributed by atoms with E-state index in [9.17, 15) is 0 Å². The van der Waals surface area contributed by atoms with E-state index < -0.39 is 5.41 Å². The minimum atomic E-state index is -0.485. The van der Waals surface area contributed by atoms with Crippen LogP contribution in [0.5, 0.6) is 0 Å². The van der Waals surface area contributed by atoms with E-state index in [0.29, 0.717) is 0 Å². The number of nitrogens with zero attached hydrogens (tertiary/aromatic N) is 1. The molecule has 10 aromatic rings. The molecule has 306 valence electrons. The summed E-state index contributed by atoms with van der Waals surface area (Å²) in [6, 6.07) is 88.2. The van der Waals surface area contributed by atoms with Gasteiger partial charge in [0.15, 0.2) is 0 Å². The largest absolute Gasteiger partial charge is 0.310 e. The fourth-order valence-corrected chi connectivity index (χ4v) is 11.9. The Labute approximate surface area is 381 Å². The highest BCUT2D eigenvalue weighted by Gasteiger charge is 2.52. The molecule has 0 amide bonds. The zero-order valence-electron chi connectivity index (χ0n) is 36.5. The van der Waals surface area contributed by atoms with Crippen LogP contribution in [0, 0.1) is 0 Å². The average molecular weight is 828 g/mol. The molecule has 3 aliphatic rings. The van der Waals surface area contributed by atoms with E-state index in [2.05, 4.69) is 255 Å². The highest BCUT2D eigenvalue weighted by Crippen LogP contribution is 2.65. The van der Waals surface area contributed by atoms with Crippen molar-refractivity contribution < 1.29 is 0 Å². The molecule has 0 aliphatic heterocycles. The Balaban J connectivity index is 1.05. The van der Waals surface area contributed by atoms with Gasteiger partial charge in [0.05, 0.1) is 11.1 Å². The van der Waals surface area contributed by atoms with Crippen molar-refractivity contribution >= 4 is 17.1 Å². The molecule has 1 heteroatoms. The minimum Gasteiger partial charge on any atom is -0.310 e. The number of benzene rings is 10. The van der Waals surface area contributed by atoms with Crippen LogP contribution in [0.25, 0.3) is 66.8 Å². The molecule has 1 unspecified atom stereocenters. The zero-order chi connectivity index (χ0) is 43.3. The van der Waals surface area contributed by atoms with Crippen LogP contribution < -0.4 is 4.90 Å². The highest BCUT2D eigenvalue weighted by molar-refractivity contribution is 6.04. The fourth-order valence-electron chi connectivity index (χ4n) is 11.9. The molecule has 0 bridgehead atoms. The van der Waals surface area contributed by atoms with Crippen LogP contribution in [0.4, 0.5) is 17.1 Å². The third kappa shape index (κ3) is 5.33. The van der Waals surface area contributed by atoms with Gasteiger partial charge in [0.2, 0.25) is 0 Å². The normalized spacial score (nSPS) is 15.4. The molecule has 3 aliphatic carbocycles. The molecule has 1 spiro atoms. The SMILES string of the molecule is CC1(C)c2ccccc2-c2ccc(N(c3ccc(-c4ccccc4)cc3)c3ccccc3-c3cccc4c3-c3ccccc3C43c4ccccc4-c4c(-c5ccccc5)cccc43)cc21. The molecular formula is C64H45N. The monoisotopic (exact) mass is 827 g/mol. The van der Waals surface area contributed by atoms with Crippen molar-refractivity contribution in [3.8, 4) is 66.8 Å². The Morgan fingerprint density at radius 3 is 1.38 bits per heavy atom. The third-order valence-corrected chi connectivity index (χ3v) is 14.7. The Morgan fingerprint density at radius 2 is 0.723 bits per heavy atom. The van der Waals surface area contributed by atoms with Gasteiger partial charge in [-0.15, -0.1) is 0 Å². The summed E-state index contributed by atoms with van der Waals surface area (Å²) in [7, 11) is 0.